The molecular formula is C14H20N2O4. The van der Waals surface area contributed by atoms with Crippen LogP contribution >= 0.6 is 0 Å². The second-order valence-electron chi connectivity index (χ2n) is 4.90. The summed E-state index contributed by atoms with van der Waals surface area (Å²) >= 11 is 0. The SMILES string of the molecule is COc1cc(C(=O)O)cc(N2CCC(N)C(OC)C2)c1. The van der Waals surface area contributed by atoms with Crippen molar-refractivity contribution in [1.82, 2.24) is 0 Å². The highest BCUT2D eigenvalue weighted by Crippen LogP contribution is 2.27. The van der Waals surface area contributed by atoms with Crippen LogP contribution in [0.4, 0.5) is 5.69 Å². The van der Waals surface area contributed by atoms with Gasteiger partial charge < -0.3 is 25.2 Å². The molecule has 0 aliphatic carbocycles. The minimum absolute atomic E-state index is 0.0146. The molecule has 0 aromatic heterocycles. The van der Waals surface area contributed by atoms with E-state index in [4.69, 9.17) is 20.3 Å². The molecule has 0 spiro atoms. The number of nitrogens with zero attached hydrogens (tertiary/aromatic N) is 1. The number of carbonyl (C=O) groups is 1. The molecule has 0 amide bonds. The number of aromatic carboxylic acids is 1. The topological polar surface area (TPSA) is 85.0 Å². The first-order chi connectivity index (χ1) is 9.55. The Morgan fingerprint density at radius 1 is 1.40 bits per heavy atom. The Morgan fingerprint density at radius 2 is 2.15 bits per heavy atom. The Morgan fingerprint density at radius 3 is 2.75 bits per heavy atom. The van der Waals surface area contributed by atoms with Crippen molar-refractivity contribution in [2.75, 3.05) is 32.2 Å². The molecule has 0 radical (unpaired) electrons. The third kappa shape index (κ3) is 3.02. The van der Waals surface area contributed by atoms with E-state index < -0.39 is 5.97 Å². The minimum atomic E-state index is -0.970. The summed E-state index contributed by atoms with van der Waals surface area (Å²) in [6.45, 7) is 1.41. The number of methoxy groups -OCH3 is 2. The van der Waals surface area contributed by atoms with Gasteiger partial charge >= 0.3 is 5.97 Å². The summed E-state index contributed by atoms with van der Waals surface area (Å²) in [7, 11) is 3.16. The molecule has 2 atom stereocenters. The molecule has 1 aromatic rings. The predicted molar refractivity (Wildman–Crippen MR) is 75.6 cm³/mol. The van der Waals surface area contributed by atoms with Crippen molar-refractivity contribution in [2.45, 2.75) is 18.6 Å². The Bertz CT molecular complexity index is 492. The van der Waals surface area contributed by atoms with Gasteiger partial charge in [-0.05, 0) is 18.6 Å². The number of piperidine rings is 1. The highest BCUT2D eigenvalue weighted by atomic mass is 16.5. The number of hydrogen-bond donors (Lipinski definition) is 2. The highest BCUT2D eigenvalue weighted by molar-refractivity contribution is 5.89. The van der Waals surface area contributed by atoms with E-state index in [2.05, 4.69) is 4.90 Å². The molecule has 1 aliphatic rings. The second-order valence-corrected chi connectivity index (χ2v) is 4.90. The lowest BCUT2D eigenvalue weighted by atomic mass is 10.0. The Kier molecular flexibility index (Phi) is 4.46. The maximum atomic E-state index is 11.2. The Labute approximate surface area is 118 Å². The fourth-order valence-corrected chi connectivity index (χ4v) is 2.43. The molecule has 1 aromatic carbocycles. The molecule has 1 heterocycles. The fourth-order valence-electron chi connectivity index (χ4n) is 2.43. The van der Waals surface area contributed by atoms with Crippen LogP contribution in [0.25, 0.3) is 0 Å². The molecule has 0 bridgehead atoms. The average Bonchev–Trinajstić information content (AvgIpc) is 2.47. The second kappa shape index (κ2) is 6.11. The summed E-state index contributed by atoms with van der Waals surface area (Å²) in [5, 5.41) is 9.15. The number of nitrogens with two attached hydrogens (primary N) is 1. The molecule has 2 unspecified atom stereocenters. The Balaban J connectivity index is 2.27. The average molecular weight is 280 g/mol. The summed E-state index contributed by atoms with van der Waals surface area (Å²) in [5.74, 6) is -0.439. The van der Waals surface area contributed by atoms with Crippen LogP contribution in [0.3, 0.4) is 0 Å². The van der Waals surface area contributed by atoms with Crippen molar-refractivity contribution in [2.24, 2.45) is 5.73 Å². The van der Waals surface area contributed by atoms with Crippen molar-refractivity contribution in [1.29, 1.82) is 0 Å². The van der Waals surface area contributed by atoms with E-state index in [1.54, 1.807) is 13.2 Å². The molecule has 1 saturated heterocycles. The van der Waals surface area contributed by atoms with Crippen LogP contribution < -0.4 is 15.4 Å². The molecule has 6 heteroatoms. The zero-order valence-corrected chi connectivity index (χ0v) is 11.7. The van der Waals surface area contributed by atoms with Gasteiger partial charge in [-0.3, -0.25) is 0 Å². The van der Waals surface area contributed by atoms with Crippen molar-refractivity contribution >= 4 is 11.7 Å². The van der Waals surface area contributed by atoms with E-state index in [0.29, 0.717) is 12.3 Å². The molecule has 2 rings (SSSR count). The van der Waals surface area contributed by atoms with Crippen LogP contribution in [-0.2, 0) is 4.74 Å². The molecule has 0 saturated carbocycles. The van der Waals surface area contributed by atoms with Crippen molar-refractivity contribution < 1.29 is 19.4 Å². The van der Waals surface area contributed by atoms with Gasteiger partial charge in [0.2, 0.25) is 0 Å². The van der Waals surface area contributed by atoms with Gasteiger partial charge in [0.05, 0.1) is 18.8 Å². The zero-order valence-electron chi connectivity index (χ0n) is 11.7. The molecule has 1 fully saturated rings. The highest BCUT2D eigenvalue weighted by Gasteiger charge is 2.27. The van der Waals surface area contributed by atoms with E-state index in [0.717, 1.165) is 18.7 Å². The van der Waals surface area contributed by atoms with Crippen LogP contribution in [-0.4, -0.2) is 50.5 Å². The predicted octanol–water partition coefficient (Wildman–Crippen LogP) is 0.946. The summed E-state index contributed by atoms with van der Waals surface area (Å²) in [6, 6.07) is 5.00. The monoisotopic (exact) mass is 280 g/mol. The number of hydrogen-bond acceptors (Lipinski definition) is 5. The molecule has 1 aliphatic heterocycles. The van der Waals surface area contributed by atoms with Crippen molar-refractivity contribution in [3.05, 3.63) is 23.8 Å². The smallest absolute Gasteiger partial charge is 0.335 e. The zero-order chi connectivity index (χ0) is 14.7. The van der Waals surface area contributed by atoms with Crippen molar-refractivity contribution in [3.8, 4) is 5.75 Å². The molecule has 20 heavy (non-hydrogen) atoms. The summed E-state index contributed by atoms with van der Waals surface area (Å²) in [5.41, 5.74) is 7.02. The number of anilines is 1. The fraction of sp³-hybridized carbons (Fsp3) is 0.500. The number of benzene rings is 1. The van der Waals surface area contributed by atoms with Gasteiger partial charge in [-0.1, -0.05) is 0 Å². The maximum Gasteiger partial charge on any atom is 0.335 e. The van der Waals surface area contributed by atoms with Gasteiger partial charge in [0.1, 0.15) is 5.75 Å². The van der Waals surface area contributed by atoms with Crippen LogP contribution in [0, 0.1) is 0 Å². The Hall–Kier alpha value is -1.79. The van der Waals surface area contributed by atoms with E-state index in [-0.39, 0.29) is 17.7 Å². The van der Waals surface area contributed by atoms with Crippen LogP contribution in [0.2, 0.25) is 0 Å². The molecular weight excluding hydrogens is 260 g/mol. The number of ether oxygens (including phenoxy) is 2. The van der Waals surface area contributed by atoms with Gasteiger partial charge in [0.25, 0.3) is 0 Å². The number of carboxylic acid groups (broad SMARTS) is 1. The van der Waals surface area contributed by atoms with E-state index in [1.165, 1.54) is 13.2 Å². The molecule has 110 valence electrons. The molecule has 3 N–H and O–H groups in total. The first kappa shape index (κ1) is 14.6. The molecule has 6 nitrogen and oxygen atoms in total. The first-order valence-corrected chi connectivity index (χ1v) is 6.51. The quantitative estimate of drug-likeness (QED) is 0.854. The number of carboxylic acids is 1. The third-order valence-corrected chi connectivity index (χ3v) is 3.65. The number of rotatable bonds is 4. The lowest BCUT2D eigenvalue weighted by molar-refractivity contribution is 0.0696. The van der Waals surface area contributed by atoms with E-state index >= 15 is 0 Å². The van der Waals surface area contributed by atoms with Crippen LogP contribution in [0.1, 0.15) is 16.8 Å². The van der Waals surface area contributed by atoms with Gasteiger partial charge in [0, 0.05) is 38.0 Å². The standard InChI is InChI=1S/C14H20N2O4/c1-19-11-6-9(14(17)18)5-10(7-11)16-4-3-12(15)13(8-16)20-2/h5-7,12-13H,3-4,8,15H2,1-2H3,(H,17,18). The van der Waals surface area contributed by atoms with Crippen molar-refractivity contribution in [3.63, 3.8) is 0 Å². The lowest BCUT2D eigenvalue weighted by Gasteiger charge is -2.37. The van der Waals surface area contributed by atoms with E-state index in [9.17, 15) is 4.79 Å². The van der Waals surface area contributed by atoms with Gasteiger partial charge in [-0.25, -0.2) is 4.79 Å². The van der Waals surface area contributed by atoms with E-state index in [1.807, 2.05) is 6.07 Å². The van der Waals surface area contributed by atoms with Crippen LogP contribution in [0.5, 0.6) is 5.75 Å². The maximum absolute atomic E-state index is 11.2. The van der Waals surface area contributed by atoms with Gasteiger partial charge in [0.15, 0.2) is 0 Å². The third-order valence-electron chi connectivity index (χ3n) is 3.65. The van der Waals surface area contributed by atoms with Gasteiger partial charge in [-0.15, -0.1) is 0 Å². The first-order valence-electron chi connectivity index (χ1n) is 6.51. The normalized spacial score (nSPS) is 22.6. The summed E-state index contributed by atoms with van der Waals surface area (Å²) < 4.78 is 10.5. The van der Waals surface area contributed by atoms with Gasteiger partial charge in [-0.2, -0.15) is 0 Å². The minimum Gasteiger partial charge on any atom is -0.497 e. The summed E-state index contributed by atoms with van der Waals surface area (Å²) in [6.07, 6.45) is 0.751. The summed E-state index contributed by atoms with van der Waals surface area (Å²) in [4.78, 5) is 13.2. The van der Waals surface area contributed by atoms with Crippen LogP contribution in [0.15, 0.2) is 18.2 Å². The largest absolute Gasteiger partial charge is 0.497 e. The lowest BCUT2D eigenvalue weighted by Crippen LogP contribution is -2.51.